The van der Waals surface area contributed by atoms with Crippen molar-refractivity contribution >= 4 is 23.1 Å². The Morgan fingerprint density at radius 3 is 3.00 bits per heavy atom. The Morgan fingerprint density at radius 1 is 1.50 bits per heavy atom. The number of nitrogens with zero attached hydrogens (tertiary/aromatic N) is 1. The van der Waals surface area contributed by atoms with Crippen LogP contribution in [-0.4, -0.2) is 24.4 Å². The van der Waals surface area contributed by atoms with Gasteiger partial charge in [0.15, 0.2) is 0 Å². The quantitative estimate of drug-likeness (QED) is 0.784. The Labute approximate surface area is 93.7 Å². The number of fused-ring (bicyclic) bond motifs is 1. The average Bonchev–Trinajstić information content (AvgIpc) is 2.50. The van der Waals surface area contributed by atoms with Gasteiger partial charge >= 0.3 is 0 Å². The topological polar surface area (TPSA) is 15.3 Å². The summed E-state index contributed by atoms with van der Waals surface area (Å²) in [5, 5.41) is 4.97. The van der Waals surface area contributed by atoms with Gasteiger partial charge in [0.05, 0.1) is 4.21 Å². The first-order valence-electron chi connectivity index (χ1n) is 4.84. The number of thiophene rings is 1. The van der Waals surface area contributed by atoms with Gasteiger partial charge in [0.1, 0.15) is 0 Å². The van der Waals surface area contributed by atoms with Crippen LogP contribution in [-0.2, 0) is 0 Å². The van der Waals surface area contributed by atoms with Crippen LogP contribution in [0.5, 0.6) is 0 Å². The Kier molecular flexibility index (Phi) is 3.17. The van der Waals surface area contributed by atoms with Crippen LogP contribution in [0.3, 0.4) is 0 Å². The molecular weight excluding hydrogens is 212 g/mol. The highest BCUT2D eigenvalue weighted by Gasteiger charge is 2.26. The molecule has 1 unspecified atom stereocenters. The maximum Gasteiger partial charge on any atom is 0.0649 e. The molecule has 1 aromatic rings. The largest absolute Gasteiger partial charge is 0.250 e. The van der Waals surface area contributed by atoms with Gasteiger partial charge in [0, 0.05) is 25.4 Å². The summed E-state index contributed by atoms with van der Waals surface area (Å²) < 4.78 is 1.49. The van der Waals surface area contributed by atoms with E-state index in [1.807, 2.05) is 23.1 Å². The maximum absolute atomic E-state index is 3.48. The second-order valence-electron chi connectivity index (χ2n) is 3.90. The van der Waals surface area contributed by atoms with Crippen LogP contribution < -0.4 is 5.43 Å². The second-order valence-corrected chi connectivity index (χ2v) is 6.53. The van der Waals surface area contributed by atoms with Gasteiger partial charge in [-0.2, -0.15) is 0 Å². The summed E-state index contributed by atoms with van der Waals surface area (Å²) in [6, 6.07) is 2.75. The maximum atomic E-state index is 3.48. The van der Waals surface area contributed by atoms with Gasteiger partial charge in [0.25, 0.3) is 0 Å². The number of nitrogens with one attached hydrogen (secondary N) is 1. The third-order valence-corrected chi connectivity index (χ3v) is 4.67. The molecule has 1 aromatic heterocycles. The summed E-state index contributed by atoms with van der Waals surface area (Å²) in [6.45, 7) is 2.30. The van der Waals surface area contributed by atoms with Crippen molar-refractivity contribution in [2.24, 2.45) is 0 Å². The van der Waals surface area contributed by atoms with E-state index in [0.29, 0.717) is 6.04 Å². The van der Waals surface area contributed by atoms with E-state index in [1.54, 1.807) is 0 Å². The van der Waals surface area contributed by atoms with E-state index < -0.39 is 0 Å². The highest BCUT2D eigenvalue weighted by Crippen LogP contribution is 2.43. The summed E-state index contributed by atoms with van der Waals surface area (Å²) in [7, 11) is 4.11. The molecule has 1 aliphatic heterocycles. The van der Waals surface area contributed by atoms with E-state index in [9.17, 15) is 0 Å². The van der Waals surface area contributed by atoms with Crippen LogP contribution in [0.2, 0.25) is 0 Å². The number of hydrogen-bond donors (Lipinski definition) is 1. The number of rotatable bonds is 2. The van der Waals surface area contributed by atoms with Crippen LogP contribution in [0.15, 0.2) is 15.7 Å². The van der Waals surface area contributed by atoms with Crippen LogP contribution >= 0.6 is 23.1 Å². The number of hydrogen-bond acceptors (Lipinski definition) is 4. The molecule has 2 rings (SSSR count). The summed E-state index contributed by atoms with van der Waals surface area (Å²) in [6.07, 6.45) is 1.21. The molecule has 0 saturated carbocycles. The molecule has 0 amide bonds. The van der Waals surface area contributed by atoms with Crippen molar-refractivity contribution in [3.05, 3.63) is 17.0 Å². The highest BCUT2D eigenvalue weighted by molar-refractivity contribution is 8.01. The Morgan fingerprint density at radius 2 is 2.29 bits per heavy atom. The molecular formula is C10H16N2S2. The fourth-order valence-corrected chi connectivity index (χ4v) is 4.35. The first kappa shape index (κ1) is 10.5. The molecule has 1 aliphatic rings. The predicted molar refractivity (Wildman–Crippen MR) is 63.8 cm³/mol. The van der Waals surface area contributed by atoms with Gasteiger partial charge < -0.3 is 0 Å². The highest BCUT2D eigenvalue weighted by atomic mass is 32.2. The molecule has 0 bridgehead atoms. The lowest BCUT2D eigenvalue weighted by Gasteiger charge is -2.29. The molecule has 0 spiro atoms. The normalized spacial score (nSPS) is 26.6. The van der Waals surface area contributed by atoms with Crippen LogP contribution in [0.25, 0.3) is 0 Å². The first-order valence-corrected chi connectivity index (χ1v) is 6.60. The molecule has 0 aromatic carbocycles. The molecule has 0 saturated heterocycles. The van der Waals surface area contributed by atoms with E-state index in [1.165, 1.54) is 16.2 Å². The lowest BCUT2D eigenvalue weighted by molar-refractivity contribution is 0.233. The number of thioether (sulfide) groups is 1. The summed E-state index contributed by atoms with van der Waals surface area (Å²) >= 11 is 3.87. The van der Waals surface area contributed by atoms with E-state index in [4.69, 9.17) is 0 Å². The molecule has 0 radical (unpaired) electrons. The fourth-order valence-electron chi connectivity index (χ4n) is 1.78. The molecule has 2 nitrogen and oxygen atoms in total. The third-order valence-electron chi connectivity index (χ3n) is 2.32. The van der Waals surface area contributed by atoms with Crippen molar-refractivity contribution in [1.29, 1.82) is 0 Å². The molecule has 0 aliphatic carbocycles. The number of hydrazine groups is 1. The van der Waals surface area contributed by atoms with Gasteiger partial charge in [-0.25, -0.2) is 5.43 Å². The standard InChI is InChI=1S/C10H16N2S2/c1-7-6-9(11-12(2)3)8-4-5-13-10(8)14-7/h4-5,7,9,11H,6H2,1-3H3/t7-,9?/m0/s1. The van der Waals surface area contributed by atoms with Crippen molar-refractivity contribution < 1.29 is 0 Å². The van der Waals surface area contributed by atoms with Gasteiger partial charge in [-0.1, -0.05) is 6.92 Å². The lowest BCUT2D eigenvalue weighted by atomic mass is 10.1. The van der Waals surface area contributed by atoms with Crippen molar-refractivity contribution in [2.75, 3.05) is 14.1 Å². The minimum atomic E-state index is 0.502. The minimum Gasteiger partial charge on any atom is -0.250 e. The zero-order valence-corrected chi connectivity index (χ0v) is 10.4. The molecule has 2 heterocycles. The smallest absolute Gasteiger partial charge is 0.0649 e. The molecule has 14 heavy (non-hydrogen) atoms. The SMILES string of the molecule is C[C@H]1CC(NN(C)C)c2ccsc2S1. The monoisotopic (exact) mass is 228 g/mol. The minimum absolute atomic E-state index is 0.502. The summed E-state index contributed by atoms with van der Waals surface area (Å²) in [5.41, 5.74) is 4.96. The van der Waals surface area contributed by atoms with Gasteiger partial charge in [0.2, 0.25) is 0 Å². The third kappa shape index (κ3) is 2.14. The van der Waals surface area contributed by atoms with E-state index in [2.05, 4.69) is 42.9 Å². The molecule has 0 fully saturated rings. The zero-order valence-electron chi connectivity index (χ0n) is 8.78. The lowest BCUT2D eigenvalue weighted by Crippen LogP contribution is -2.36. The molecule has 78 valence electrons. The molecule has 2 atom stereocenters. The average molecular weight is 228 g/mol. The van der Waals surface area contributed by atoms with E-state index in [0.717, 1.165) is 5.25 Å². The molecule has 4 heteroatoms. The van der Waals surface area contributed by atoms with Crippen molar-refractivity contribution in [2.45, 2.75) is 28.8 Å². The Bertz CT molecular complexity index is 309. The van der Waals surface area contributed by atoms with Crippen LogP contribution in [0.1, 0.15) is 24.9 Å². The van der Waals surface area contributed by atoms with Crippen LogP contribution in [0.4, 0.5) is 0 Å². The van der Waals surface area contributed by atoms with Crippen molar-refractivity contribution in [3.63, 3.8) is 0 Å². The fraction of sp³-hybridized carbons (Fsp3) is 0.600. The summed E-state index contributed by atoms with van der Waals surface area (Å²) in [5.74, 6) is 0. The first-order chi connectivity index (χ1) is 6.66. The van der Waals surface area contributed by atoms with E-state index >= 15 is 0 Å². The second kappa shape index (κ2) is 4.23. The van der Waals surface area contributed by atoms with Crippen molar-refractivity contribution in [3.8, 4) is 0 Å². The predicted octanol–water partition coefficient (Wildman–Crippen LogP) is 2.74. The van der Waals surface area contributed by atoms with E-state index in [-0.39, 0.29) is 0 Å². The van der Waals surface area contributed by atoms with Gasteiger partial charge in [-0.3, -0.25) is 5.01 Å². The Hall–Kier alpha value is -0.0300. The Balaban J connectivity index is 2.19. The van der Waals surface area contributed by atoms with Gasteiger partial charge in [-0.15, -0.1) is 23.1 Å². The van der Waals surface area contributed by atoms with Gasteiger partial charge in [-0.05, 0) is 23.4 Å². The molecule has 1 N–H and O–H groups in total. The summed E-state index contributed by atoms with van der Waals surface area (Å²) in [4.78, 5) is 0. The zero-order chi connectivity index (χ0) is 10.1. The van der Waals surface area contributed by atoms with Crippen molar-refractivity contribution in [1.82, 2.24) is 10.4 Å². The van der Waals surface area contributed by atoms with Crippen LogP contribution in [0, 0.1) is 0 Å².